The number of benzene rings is 1. The molecule has 3 amide bonds. The van der Waals surface area contributed by atoms with Gasteiger partial charge in [-0.3, -0.25) is 14.6 Å². The third-order valence-electron chi connectivity index (χ3n) is 5.99. The molecule has 9 heteroatoms. The molecule has 8 nitrogen and oxygen atoms in total. The molecule has 0 unspecified atom stereocenters. The van der Waals surface area contributed by atoms with Crippen LogP contribution in [0.4, 0.5) is 4.79 Å². The fourth-order valence-electron chi connectivity index (χ4n) is 4.13. The van der Waals surface area contributed by atoms with E-state index in [4.69, 9.17) is 16.3 Å². The number of alkyl carbamates (subject to hydrolysis) is 1. The monoisotopic (exact) mass is 488 g/mol. The zero-order chi connectivity index (χ0) is 25.0. The Balaban J connectivity index is 1.76. The van der Waals surface area contributed by atoms with Crippen molar-refractivity contribution in [2.24, 2.45) is 5.92 Å². The van der Waals surface area contributed by atoms with Crippen molar-refractivity contribution < 1.29 is 19.1 Å². The molecule has 0 bridgehead atoms. The Kier molecular flexibility index (Phi) is 8.02. The normalized spacial score (nSPS) is 20.5. The van der Waals surface area contributed by atoms with Gasteiger partial charge in [-0.25, -0.2) is 4.79 Å². The largest absolute Gasteiger partial charge is 0.444 e. The molecule has 0 radical (unpaired) electrons. The third-order valence-corrected chi connectivity index (χ3v) is 6.22. The Morgan fingerprint density at radius 3 is 2.53 bits per heavy atom. The van der Waals surface area contributed by atoms with Crippen LogP contribution < -0.4 is 10.6 Å². The summed E-state index contributed by atoms with van der Waals surface area (Å²) in [6.45, 7) is 7.89. The van der Waals surface area contributed by atoms with Crippen LogP contribution in [0.2, 0.25) is 5.02 Å². The highest BCUT2D eigenvalue weighted by Crippen LogP contribution is 2.27. The van der Waals surface area contributed by atoms with Gasteiger partial charge in [-0.2, -0.15) is 0 Å². The molecule has 3 rings (SSSR count). The first-order valence-corrected chi connectivity index (χ1v) is 11.9. The number of rotatable bonds is 5. The number of nitrogens with one attached hydrogen (secondary N) is 2. The number of hydrogen-bond acceptors (Lipinski definition) is 5. The maximum Gasteiger partial charge on any atom is 0.407 e. The lowest BCUT2D eigenvalue weighted by molar-refractivity contribution is -0.135. The van der Waals surface area contributed by atoms with E-state index in [1.807, 2.05) is 13.0 Å². The number of nitrogens with zero attached hydrogens (tertiary/aromatic N) is 2. The molecular formula is C25H33ClN4O4. The zero-order valence-corrected chi connectivity index (χ0v) is 21.1. The Labute approximate surface area is 205 Å². The molecule has 0 saturated heterocycles. The quantitative estimate of drug-likeness (QED) is 0.658. The molecule has 2 N–H and O–H groups in total. The van der Waals surface area contributed by atoms with Crippen molar-refractivity contribution in [3.63, 3.8) is 0 Å². The predicted octanol–water partition coefficient (Wildman–Crippen LogP) is 4.16. The van der Waals surface area contributed by atoms with E-state index in [1.54, 1.807) is 57.1 Å². The number of aromatic nitrogens is 1. The minimum atomic E-state index is -0.660. The second kappa shape index (κ2) is 10.6. The van der Waals surface area contributed by atoms with E-state index in [1.165, 1.54) is 0 Å². The molecule has 0 spiro atoms. The Hall–Kier alpha value is -2.87. The SMILES string of the molecule is CCN(C)C(=O)[C@H]1CC[C@H](NC(=O)c2cc3ccc(Cl)cc3cn2)[C@H](NC(=O)OC(C)(C)C)C1. The molecular weight excluding hydrogens is 456 g/mol. The Morgan fingerprint density at radius 1 is 1.12 bits per heavy atom. The van der Waals surface area contributed by atoms with Crippen molar-refractivity contribution in [1.82, 2.24) is 20.5 Å². The van der Waals surface area contributed by atoms with Crippen LogP contribution in [0.15, 0.2) is 30.5 Å². The van der Waals surface area contributed by atoms with Gasteiger partial charge in [0.25, 0.3) is 5.91 Å². The number of carbonyl (C=O) groups excluding carboxylic acids is 3. The molecule has 1 aromatic heterocycles. The number of halogens is 1. The van der Waals surface area contributed by atoms with Crippen LogP contribution in [0.5, 0.6) is 0 Å². The molecule has 1 saturated carbocycles. The lowest BCUT2D eigenvalue weighted by atomic mass is 9.81. The molecule has 1 aliphatic rings. The third kappa shape index (κ3) is 6.59. The van der Waals surface area contributed by atoms with E-state index >= 15 is 0 Å². The van der Waals surface area contributed by atoms with Gasteiger partial charge in [0, 0.05) is 42.2 Å². The van der Waals surface area contributed by atoms with E-state index in [2.05, 4.69) is 15.6 Å². The maximum atomic E-state index is 13.0. The number of fused-ring (bicyclic) bond motifs is 1. The molecule has 34 heavy (non-hydrogen) atoms. The Morgan fingerprint density at radius 2 is 1.85 bits per heavy atom. The van der Waals surface area contributed by atoms with Gasteiger partial charge in [0.05, 0.1) is 6.04 Å². The Bertz CT molecular complexity index is 1070. The van der Waals surface area contributed by atoms with Crippen molar-refractivity contribution in [3.05, 3.63) is 41.2 Å². The van der Waals surface area contributed by atoms with Crippen LogP contribution in [0, 0.1) is 5.92 Å². The second-order valence-corrected chi connectivity index (χ2v) is 10.2. The van der Waals surface area contributed by atoms with E-state index in [0.29, 0.717) is 30.8 Å². The minimum Gasteiger partial charge on any atom is -0.444 e. The highest BCUT2D eigenvalue weighted by atomic mass is 35.5. The molecule has 1 fully saturated rings. The standard InChI is InChI=1S/C25H33ClN4O4/c1-6-30(5)23(32)16-8-10-19(20(13-16)29-24(33)34-25(2,3)4)28-22(31)21-12-15-7-9-18(26)11-17(15)14-27-21/h7,9,11-12,14,16,19-20H,6,8,10,13H2,1-5H3,(H,28,31)(H,29,33)/t16-,19-,20+/m0/s1. The number of carbonyl (C=O) groups is 3. The van der Waals surface area contributed by atoms with Crippen molar-refractivity contribution >= 4 is 40.3 Å². The summed E-state index contributed by atoms with van der Waals surface area (Å²) >= 11 is 6.03. The topological polar surface area (TPSA) is 101 Å². The molecule has 1 heterocycles. The summed E-state index contributed by atoms with van der Waals surface area (Å²) in [4.78, 5) is 44.3. The van der Waals surface area contributed by atoms with Gasteiger partial charge >= 0.3 is 6.09 Å². The van der Waals surface area contributed by atoms with Crippen molar-refractivity contribution in [1.29, 1.82) is 0 Å². The van der Waals surface area contributed by atoms with Gasteiger partial charge in [-0.1, -0.05) is 17.7 Å². The van der Waals surface area contributed by atoms with Gasteiger partial charge in [0.1, 0.15) is 11.3 Å². The highest BCUT2D eigenvalue weighted by molar-refractivity contribution is 6.31. The summed E-state index contributed by atoms with van der Waals surface area (Å²) in [5.41, 5.74) is -0.387. The maximum absolute atomic E-state index is 13.0. The second-order valence-electron chi connectivity index (χ2n) is 9.76. The van der Waals surface area contributed by atoms with Gasteiger partial charge < -0.3 is 20.3 Å². The van der Waals surface area contributed by atoms with Crippen molar-refractivity contribution in [3.8, 4) is 0 Å². The number of pyridine rings is 1. The molecule has 3 atom stereocenters. The molecule has 1 aromatic carbocycles. The van der Waals surface area contributed by atoms with Crippen LogP contribution in [-0.2, 0) is 9.53 Å². The first kappa shape index (κ1) is 25.7. The van der Waals surface area contributed by atoms with E-state index in [0.717, 1.165) is 10.8 Å². The summed E-state index contributed by atoms with van der Waals surface area (Å²) in [5, 5.41) is 8.18. The molecule has 2 aromatic rings. The number of ether oxygens (including phenoxy) is 1. The van der Waals surface area contributed by atoms with E-state index < -0.39 is 17.7 Å². The average Bonchev–Trinajstić information content (AvgIpc) is 2.77. The summed E-state index contributed by atoms with van der Waals surface area (Å²) in [7, 11) is 1.77. The zero-order valence-electron chi connectivity index (χ0n) is 20.4. The van der Waals surface area contributed by atoms with Crippen LogP contribution >= 0.6 is 11.6 Å². The predicted molar refractivity (Wildman–Crippen MR) is 132 cm³/mol. The fraction of sp³-hybridized carbons (Fsp3) is 0.520. The van der Waals surface area contributed by atoms with E-state index in [9.17, 15) is 14.4 Å². The van der Waals surface area contributed by atoms with Crippen LogP contribution in [-0.4, -0.2) is 59.1 Å². The van der Waals surface area contributed by atoms with Gasteiger partial charge in [0.2, 0.25) is 5.91 Å². The van der Waals surface area contributed by atoms with Crippen LogP contribution in [0.1, 0.15) is 57.4 Å². The van der Waals surface area contributed by atoms with Crippen molar-refractivity contribution in [2.45, 2.75) is 64.6 Å². The van der Waals surface area contributed by atoms with Gasteiger partial charge in [-0.05, 0) is 70.5 Å². The highest BCUT2D eigenvalue weighted by Gasteiger charge is 2.37. The summed E-state index contributed by atoms with van der Waals surface area (Å²) < 4.78 is 5.42. The summed E-state index contributed by atoms with van der Waals surface area (Å²) in [6, 6.07) is 6.28. The molecule has 1 aliphatic carbocycles. The van der Waals surface area contributed by atoms with Crippen molar-refractivity contribution in [2.75, 3.05) is 13.6 Å². The molecule has 184 valence electrons. The smallest absolute Gasteiger partial charge is 0.407 e. The van der Waals surface area contributed by atoms with E-state index in [-0.39, 0.29) is 29.5 Å². The first-order chi connectivity index (χ1) is 16.0. The average molecular weight is 489 g/mol. The van der Waals surface area contributed by atoms with Crippen LogP contribution in [0.25, 0.3) is 10.8 Å². The minimum absolute atomic E-state index is 0.0399. The molecule has 0 aliphatic heterocycles. The lowest BCUT2D eigenvalue weighted by Gasteiger charge is -2.37. The number of amides is 3. The van der Waals surface area contributed by atoms with Crippen LogP contribution in [0.3, 0.4) is 0 Å². The lowest BCUT2D eigenvalue weighted by Crippen LogP contribution is -2.56. The summed E-state index contributed by atoms with van der Waals surface area (Å²) in [6.07, 6.45) is 2.61. The summed E-state index contributed by atoms with van der Waals surface area (Å²) in [5.74, 6) is -0.534. The number of hydrogen-bond donors (Lipinski definition) is 2. The van der Waals surface area contributed by atoms with Gasteiger partial charge in [-0.15, -0.1) is 0 Å². The fourth-order valence-corrected chi connectivity index (χ4v) is 4.31. The first-order valence-electron chi connectivity index (χ1n) is 11.6. The van der Waals surface area contributed by atoms with Gasteiger partial charge in [0.15, 0.2) is 0 Å².